The first-order valence-corrected chi connectivity index (χ1v) is 26.8. The smallest absolute Gasteiger partial charge is 0.306 e. The highest BCUT2D eigenvalue weighted by Gasteiger charge is 2.19. The Morgan fingerprint density at radius 2 is 0.619 bits per heavy atom. The first-order chi connectivity index (χ1) is 31.0. The van der Waals surface area contributed by atoms with Crippen molar-refractivity contribution < 1.29 is 28.6 Å². The highest BCUT2D eigenvalue weighted by Crippen LogP contribution is 2.16. The van der Waals surface area contributed by atoms with Crippen LogP contribution >= 0.6 is 0 Å². The molecule has 0 saturated carbocycles. The van der Waals surface area contributed by atoms with E-state index in [0.29, 0.717) is 19.3 Å². The molecule has 0 fully saturated rings. The zero-order valence-corrected chi connectivity index (χ0v) is 41.6. The van der Waals surface area contributed by atoms with Crippen molar-refractivity contribution in [1.29, 1.82) is 0 Å². The molecule has 0 radical (unpaired) electrons. The molecule has 0 saturated heterocycles. The summed E-state index contributed by atoms with van der Waals surface area (Å²) in [7, 11) is 0. The Kier molecular flexibility index (Phi) is 49.4. The van der Waals surface area contributed by atoms with E-state index >= 15 is 0 Å². The molecule has 0 aromatic rings. The lowest BCUT2D eigenvalue weighted by molar-refractivity contribution is -0.167. The van der Waals surface area contributed by atoms with E-state index in [-0.39, 0.29) is 31.1 Å². The third kappa shape index (κ3) is 50.0. The van der Waals surface area contributed by atoms with E-state index in [2.05, 4.69) is 81.5 Å². The fourth-order valence-electron chi connectivity index (χ4n) is 7.53. The van der Waals surface area contributed by atoms with E-state index in [0.717, 1.165) is 96.3 Å². The number of ether oxygens (including phenoxy) is 3. The maximum absolute atomic E-state index is 12.8. The molecule has 0 aliphatic rings. The van der Waals surface area contributed by atoms with Crippen molar-refractivity contribution in [2.24, 2.45) is 0 Å². The van der Waals surface area contributed by atoms with Gasteiger partial charge in [0, 0.05) is 19.3 Å². The lowest BCUT2D eigenvalue weighted by atomic mass is 10.0. The quantitative estimate of drug-likeness (QED) is 0.0262. The van der Waals surface area contributed by atoms with Gasteiger partial charge in [-0.2, -0.15) is 0 Å². The zero-order valence-electron chi connectivity index (χ0n) is 41.6. The van der Waals surface area contributed by atoms with Crippen LogP contribution in [0, 0.1) is 0 Å². The molecular formula is C57H100O6. The van der Waals surface area contributed by atoms with Gasteiger partial charge >= 0.3 is 17.9 Å². The lowest BCUT2D eigenvalue weighted by Crippen LogP contribution is -2.30. The van der Waals surface area contributed by atoms with E-state index in [1.807, 2.05) is 0 Å². The largest absolute Gasteiger partial charge is 0.462 e. The van der Waals surface area contributed by atoms with Crippen LogP contribution in [-0.4, -0.2) is 37.2 Å². The van der Waals surface area contributed by atoms with E-state index in [4.69, 9.17) is 14.2 Å². The number of carbonyl (C=O) groups excluding carboxylic acids is 3. The summed E-state index contributed by atoms with van der Waals surface area (Å²) in [5.74, 6) is -0.908. The van der Waals surface area contributed by atoms with Gasteiger partial charge in [0.15, 0.2) is 6.10 Å². The summed E-state index contributed by atoms with van der Waals surface area (Å²) in [6, 6.07) is 0. The monoisotopic (exact) mass is 881 g/mol. The highest BCUT2D eigenvalue weighted by atomic mass is 16.6. The predicted molar refractivity (Wildman–Crippen MR) is 270 cm³/mol. The predicted octanol–water partition coefficient (Wildman–Crippen LogP) is 17.6. The van der Waals surface area contributed by atoms with E-state index in [1.165, 1.54) is 128 Å². The molecule has 364 valence electrons. The molecule has 0 bridgehead atoms. The number of carbonyl (C=O) groups is 3. The molecule has 1 atom stereocenters. The summed E-state index contributed by atoms with van der Waals surface area (Å²) in [6.07, 6.45) is 63.5. The molecule has 0 spiro atoms. The summed E-state index contributed by atoms with van der Waals surface area (Å²) in [5, 5.41) is 0. The Bertz CT molecular complexity index is 1150. The van der Waals surface area contributed by atoms with E-state index in [9.17, 15) is 14.4 Å². The minimum atomic E-state index is -0.787. The van der Waals surface area contributed by atoms with Crippen molar-refractivity contribution >= 4 is 17.9 Å². The maximum Gasteiger partial charge on any atom is 0.306 e. The summed E-state index contributed by atoms with van der Waals surface area (Å²) in [4.78, 5) is 38.0. The number of hydrogen-bond donors (Lipinski definition) is 0. The minimum absolute atomic E-state index is 0.0842. The van der Waals surface area contributed by atoms with Gasteiger partial charge in [-0.15, -0.1) is 0 Å². The van der Waals surface area contributed by atoms with Crippen molar-refractivity contribution in [3.8, 4) is 0 Å². The Balaban J connectivity index is 4.41. The summed E-state index contributed by atoms with van der Waals surface area (Å²) < 4.78 is 16.8. The van der Waals surface area contributed by atoms with E-state index < -0.39 is 6.10 Å². The fraction of sp³-hybridized carbons (Fsp3) is 0.772. The zero-order chi connectivity index (χ0) is 45.8. The van der Waals surface area contributed by atoms with Crippen molar-refractivity contribution in [3.63, 3.8) is 0 Å². The molecular weight excluding hydrogens is 781 g/mol. The number of rotatable bonds is 48. The van der Waals surface area contributed by atoms with Crippen molar-refractivity contribution in [2.75, 3.05) is 13.2 Å². The standard InChI is InChI=1S/C57H100O6/c1-4-7-10-13-16-19-22-24-26-27-28-29-31-33-36-39-42-45-48-51-57(60)63-54(52-61-55(58)49-46-43-40-37-34-21-18-15-12-9-6-3)53-62-56(59)50-47-44-41-38-35-32-30-25-23-20-17-14-11-8-5-2/h7,10,16,19,24,26,28-29,33,36,54H,4-6,8-9,11-15,17-18,20-23,25,27,30-32,34-35,37-53H2,1-3H3/b10-7-,19-16-,26-24-,29-28-,36-33-/t54-/m0/s1. The average molecular weight is 881 g/mol. The first kappa shape index (κ1) is 60.1. The van der Waals surface area contributed by atoms with Gasteiger partial charge in [-0.25, -0.2) is 0 Å². The van der Waals surface area contributed by atoms with Gasteiger partial charge in [0.25, 0.3) is 0 Å². The molecule has 0 aromatic carbocycles. The third-order valence-electron chi connectivity index (χ3n) is 11.5. The van der Waals surface area contributed by atoms with Crippen LogP contribution in [0.4, 0.5) is 0 Å². The average Bonchev–Trinajstić information content (AvgIpc) is 3.28. The topological polar surface area (TPSA) is 78.9 Å². The first-order valence-electron chi connectivity index (χ1n) is 26.8. The van der Waals surface area contributed by atoms with Gasteiger partial charge in [0.1, 0.15) is 13.2 Å². The summed E-state index contributed by atoms with van der Waals surface area (Å²) >= 11 is 0. The van der Waals surface area contributed by atoms with Crippen LogP contribution in [-0.2, 0) is 28.6 Å². The van der Waals surface area contributed by atoms with Crippen LogP contribution in [0.3, 0.4) is 0 Å². The molecule has 0 amide bonds. The third-order valence-corrected chi connectivity index (χ3v) is 11.5. The molecule has 0 heterocycles. The Morgan fingerprint density at radius 1 is 0.333 bits per heavy atom. The number of allylic oxidation sites excluding steroid dienone is 10. The van der Waals surface area contributed by atoms with Gasteiger partial charge in [0.05, 0.1) is 0 Å². The molecule has 0 aliphatic carbocycles. The molecule has 0 aliphatic heterocycles. The number of esters is 3. The normalized spacial score (nSPS) is 12.5. The molecule has 0 aromatic heterocycles. The highest BCUT2D eigenvalue weighted by molar-refractivity contribution is 5.71. The molecule has 6 heteroatoms. The SMILES string of the molecule is CC/C=C\C/C=C\C/C=C\C/C=C\C/C=C\CCCCCC(=O)O[C@@H](COC(=O)CCCCCCCCCCCCC)COC(=O)CCCCCCCCCCCCCCCCC. The van der Waals surface area contributed by atoms with Gasteiger partial charge < -0.3 is 14.2 Å². The summed E-state index contributed by atoms with van der Waals surface area (Å²) in [5.41, 5.74) is 0. The van der Waals surface area contributed by atoms with Crippen LogP contribution in [0.1, 0.15) is 265 Å². The van der Waals surface area contributed by atoms with Gasteiger partial charge in [-0.1, -0.05) is 242 Å². The van der Waals surface area contributed by atoms with E-state index in [1.54, 1.807) is 0 Å². The van der Waals surface area contributed by atoms with Crippen molar-refractivity contribution in [2.45, 2.75) is 271 Å². The lowest BCUT2D eigenvalue weighted by Gasteiger charge is -2.18. The molecule has 0 rings (SSSR count). The number of unbranched alkanes of at least 4 members (excludes halogenated alkanes) is 27. The molecule has 6 nitrogen and oxygen atoms in total. The minimum Gasteiger partial charge on any atom is -0.462 e. The fourth-order valence-corrected chi connectivity index (χ4v) is 7.53. The molecule has 0 unspecified atom stereocenters. The Morgan fingerprint density at radius 3 is 0.968 bits per heavy atom. The summed E-state index contributed by atoms with van der Waals surface area (Å²) in [6.45, 7) is 6.51. The van der Waals surface area contributed by atoms with Gasteiger partial charge in [0.2, 0.25) is 0 Å². The maximum atomic E-state index is 12.8. The van der Waals surface area contributed by atoms with Gasteiger partial charge in [-0.3, -0.25) is 14.4 Å². The van der Waals surface area contributed by atoms with Crippen LogP contribution in [0.5, 0.6) is 0 Å². The second-order valence-electron chi connectivity index (χ2n) is 17.8. The van der Waals surface area contributed by atoms with Gasteiger partial charge in [-0.05, 0) is 64.2 Å². The van der Waals surface area contributed by atoms with Crippen LogP contribution < -0.4 is 0 Å². The molecule has 0 N–H and O–H groups in total. The second kappa shape index (κ2) is 51.7. The van der Waals surface area contributed by atoms with Crippen LogP contribution in [0.25, 0.3) is 0 Å². The number of hydrogen-bond acceptors (Lipinski definition) is 6. The van der Waals surface area contributed by atoms with Crippen LogP contribution in [0.2, 0.25) is 0 Å². The Labute approximate surface area is 390 Å². The van der Waals surface area contributed by atoms with Crippen LogP contribution in [0.15, 0.2) is 60.8 Å². The Hall–Kier alpha value is -2.89. The second-order valence-corrected chi connectivity index (χ2v) is 17.8. The van der Waals surface area contributed by atoms with Crippen molar-refractivity contribution in [3.05, 3.63) is 60.8 Å². The molecule has 63 heavy (non-hydrogen) atoms. The van der Waals surface area contributed by atoms with Crippen molar-refractivity contribution in [1.82, 2.24) is 0 Å².